The van der Waals surface area contributed by atoms with Crippen LogP contribution in [0.15, 0.2) is 24.3 Å². The molecule has 0 saturated carbocycles. The molecule has 2 nitrogen and oxygen atoms in total. The van der Waals surface area contributed by atoms with Gasteiger partial charge in [0.1, 0.15) is 0 Å². The number of halogens is 1. The average Bonchev–Trinajstić information content (AvgIpc) is 2.37. The van der Waals surface area contributed by atoms with Crippen LogP contribution in [0.3, 0.4) is 0 Å². The first-order chi connectivity index (χ1) is 8.66. The number of methoxy groups -OCH3 is 1. The Balaban J connectivity index is 2.92. The Kier molecular flexibility index (Phi) is 6.30. The maximum atomic E-state index is 15.0. The number of aryl methyl sites for hydroxylation is 1. The Hall–Kier alpha value is -0.930. The van der Waals surface area contributed by atoms with E-state index in [-0.39, 0.29) is 6.61 Å². The maximum Gasteiger partial charge on any atom is 0.159 e. The minimum Gasteiger partial charge on any atom is -0.381 e. The standard InChI is InChI=1S/C15H24FNO/c1-3-6-13-7-4-8-14(11-13)15(16,12-18-2)9-5-10-17/h4,7-8,11H,3,5-6,9-10,12,17H2,1-2H3. The molecule has 0 radical (unpaired) electrons. The van der Waals surface area contributed by atoms with Crippen molar-refractivity contribution in [2.75, 3.05) is 20.3 Å². The summed E-state index contributed by atoms with van der Waals surface area (Å²) in [6, 6.07) is 7.77. The quantitative estimate of drug-likeness (QED) is 0.772. The van der Waals surface area contributed by atoms with Crippen molar-refractivity contribution in [2.24, 2.45) is 5.73 Å². The summed E-state index contributed by atoms with van der Waals surface area (Å²) in [6.45, 7) is 2.71. The van der Waals surface area contributed by atoms with Gasteiger partial charge in [0.05, 0.1) is 6.61 Å². The van der Waals surface area contributed by atoms with Gasteiger partial charge in [0.25, 0.3) is 0 Å². The van der Waals surface area contributed by atoms with Crippen LogP contribution in [0.4, 0.5) is 4.39 Å². The van der Waals surface area contributed by atoms with E-state index < -0.39 is 5.67 Å². The van der Waals surface area contributed by atoms with Crippen molar-refractivity contribution in [3.63, 3.8) is 0 Å². The minimum absolute atomic E-state index is 0.0859. The largest absolute Gasteiger partial charge is 0.381 e. The Labute approximate surface area is 109 Å². The molecule has 3 heteroatoms. The third-order valence-corrected chi connectivity index (χ3v) is 3.13. The summed E-state index contributed by atoms with van der Waals surface area (Å²) in [5.41, 5.74) is 5.95. The lowest BCUT2D eigenvalue weighted by Gasteiger charge is -2.25. The normalized spacial score (nSPS) is 14.4. The zero-order valence-electron chi connectivity index (χ0n) is 11.4. The second-order valence-corrected chi connectivity index (χ2v) is 4.74. The number of hydrogen-bond acceptors (Lipinski definition) is 2. The Morgan fingerprint density at radius 3 is 2.78 bits per heavy atom. The lowest BCUT2D eigenvalue weighted by molar-refractivity contribution is 0.0303. The fourth-order valence-corrected chi connectivity index (χ4v) is 2.21. The van der Waals surface area contributed by atoms with Crippen LogP contribution >= 0.6 is 0 Å². The number of benzene rings is 1. The van der Waals surface area contributed by atoms with E-state index in [2.05, 4.69) is 6.92 Å². The van der Waals surface area contributed by atoms with Gasteiger partial charge in [-0.25, -0.2) is 4.39 Å². The minimum atomic E-state index is -1.42. The molecule has 0 bridgehead atoms. The van der Waals surface area contributed by atoms with Crippen molar-refractivity contribution in [3.8, 4) is 0 Å². The van der Waals surface area contributed by atoms with Gasteiger partial charge in [-0.3, -0.25) is 0 Å². The molecule has 1 atom stereocenters. The second kappa shape index (κ2) is 7.49. The number of rotatable bonds is 8. The summed E-state index contributed by atoms with van der Waals surface area (Å²) in [7, 11) is 1.53. The fraction of sp³-hybridized carbons (Fsp3) is 0.600. The van der Waals surface area contributed by atoms with Crippen molar-refractivity contribution < 1.29 is 9.13 Å². The van der Waals surface area contributed by atoms with E-state index >= 15 is 0 Å². The predicted molar refractivity (Wildman–Crippen MR) is 73.4 cm³/mol. The molecule has 0 aliphatic heterocycles. The van der Waals surface area contributed by atoms with Crippen LogP contribution in [0.1, 0.15) is 37.3 Å². The van der Waals surface area contributed by atoms with Crippen LogP contribution in [0.5, 0.6) is 0 Å². The van der Waals surface area contributed by atoms with Gasteiger partial charge in [0, 0.05) is 7.11 Å². The number of ether oxygens (including phenoxy) is 1. The van der Waals surface area contributed by atoms with Crippen molar-refractivity contribution in [3.05, 3.63) is 35.4 Å². The van der Waals surface area contributed by atoms with Gasteiger partial charge in [0.2, 0.25) is 0 Å². The Morgan fingerprint density at radius 2 is 2.17 bits per heavy atom. The molecule has 0 saturated heterocycles. The van der Waals surface area contributed by atoms with Crippen LogP contribution < -0.4 is 5.73 Å². The molecule has 0 spiro atoms. The molecule has 0 fully saturated rings. The van der Waals surface area contributed by atoms with E-state index in [1.54, 1.807) is 0 Å². The van der Waals surface area contributed by atoms with E-state index in [1.807, 2.05) is 24.3 Å². The molecule has 0 aromatic heterocycles. The van der Waals surface area contributed by atoms with E-state index in [9.17, 15) is 4.39 Å². The molecule has 102 valence electrons. The van der Waals surface area contributed by atoms with E-state index in [0.29, 0.717) is 24.9 Å². The Morgan fingerprint density at radius 1 is 1.39 bits per heavy atom. The topological polar surface area (TPSA) is 35.2 Å². The van der Waals surface area contributed by atoms with Crippen LogP contribution in [0, 0.1) is 0 Å². The molecular formula is C15H24FNO. The van der Waals surface area contributed by atoms with Gasteiger partial charge in [-0.1, -0.05) is 37.6 Å². The molecule has 0 heterocycles. The predicted octanol–water partition coefficient (Wildman–Crippen LogP) is 3.19. The molecule has 1 unspecified atom stereocenters. The van der Waals surface area contributed by atoms with Gasteiger partial charge in [-0.15, -0.1) is 0 Å². The fourth-order valence-electron chi connectivity index (χ4n) is 2.21. The molecule has 2 N–H and O–H groups in total. The van der Waals surface area contributed by atoms with E-state index in [1.165, 1.54) is 12.7 Å². The molecule has 1 aromatic rings. The summed E-state index contributed by atoms with van der Waals surface area (Å²) < 4.78 is 20.0. The monoisotopic (exact) mass is 253 g/mol. The van der Waals surface area contributed by atoms with Crippen molar-refractivity contribution in [1.82, 2.24) is 0 Å². The lowest BCUT2D eigenvalue weighted by Crippen LogP contribution is -2.27. The highest BCUT2D eigenvalue weighted by molar-refractivity contribution is 5.28. The van der Waals surface area contributed by atoms with Crippen LogP contribution in [-0.2, 0) is 16.8 Å². The van der Waals surface area contributed by atoms with Gasteiger partial charge in [-0.2, -0.15) is 0 Å². The maximum absolute atomic E-state index is 15.0. The molecule has 0 amide bonds. The summed E-state index contributed by atoms with van der Waals surface area (Å²) in [5.74, 6) is 0. The van der Waals surface area contributed by atoms with Crippen LogP contribution in [0.2, 0.25) is 0 Å². The van der Waals surface area contributed by atoms with Gasteiger partial charge in [-0.05, 0) is 36.9 Å². The first-order valence-corrected chi connectivity index (χ1v) is 6.63. The first kappa shape index (κ1) is 15.1. The highest BCUT2D eigenvalue weighted by Crippen LogP contribution is 2.32. The second-order valence-electron chi connectivity index (χ2n) is 4.74. The Bertz CT molecular complexity index is 356. The molecule has 1 aromatic carbocycles. The summed E-state index contributed by atoms with van der Waals surface area (Å²) >= 11 is 0. The molecule has 0 aliphatic rings. The van der Waals surface area contributed by atoms with E-state index in [4.69, 9.17) is 10.5 Å². The van der Waals surface area contributed by atoms with Crippen molar-refractivity contribution in [1.29, 1.82) is 0 Å². The first-order valence-electron chi connectivity index (χ1n) is 6.63. The number of nitrogens with two attached hydrogens (primary N) is 1. The van der Waals surface area contributed by atoms with Crippen LogP contribution in [0.25, 0.3) is 0 Å². The highest BCUT2D eigenvalue weighted by Gasteiger charge is 2.31. The zero-order chi connectivity index (χ0) is 13.4. The third-order valence-electron chi connectivity index (χ3n) is 3.13. The molecule has 18 heavy (non-hydrogen) atoms. The third kappa shape index (κ3) is 4.07. The number of alkyl halides is 1. The van der Waals surface area contributed by atoms with Gasteiger partial charge in [0.15, 0.2) is 5.67 Å². The SMILES string of the molecule is CCCc1cccc(C(F)(CCCN)COC)c1. The smallest absolute Gasteiger partial charge is 0.159 e. The summed E-state index contributed by atoms with van der Waals surface area (Å²) in [6.07, 6.45) is 3.12. The number of hydrogen-bond donors (Lipinski definition) is 1. The molecular weight excluding hydrogens is 229 g/mol. The summed E-state index contributed by atoms with van der Waals surface area (Å²) in [5, 5.41) is 0. The average molecular weight is 253 g/mol. The zero-order valence-corrected chi connectivity index (χ0v) is 11.4. The van der Waals surface area contributed by atoms with Gasteiger partial charge < -0.3 is 10.5 Å². The van der Waals surface area contributed by atoms with Crippen molar-refractivity contribution in [2.45, 2.75) is 38.3 Å². The van der Waals surface area contributed by atoms with Gasteiger partial charge >= 0.3 is 0 Å². The molecule has 1 rings (SSSR count). The lowest BCUT2D eigenvalue weighted by atomic mass is 9.90. The summed E-state index contributed by atoms with van der Waals surface area (Å²) in [4.78, 5) is 0. The van der Waals surface area contributed by atoms with E-state index in [0.717, 1.165) is 12.8 Å². The highest BCUT2D eigenvalue weighted by atomic mass is 19.1. The van der Waals surface area contributed by atoms with Crippen molar-refractivity contribution >= 4 is 0 Å². The molecule has 0 aliphatic carbocycles. The van der Waals surface area contributed by atoms with Crippen LogP contribution in [-0.4, -0.2) is 20.3 Å².